The lowest BCUT2D eigenvalue weighted by Gasteiger charge is -2.29. The average molecular weight is 349 g/mol. The summed E-state index contributed by atoms with van der Waals surface area (Å²) in [7, 11) is -1.33. The maximum absolute atomic E-state index is 12.6. The van der Waals surface area contributed by atoms with E-state index in [4.69, 9.17) is 0 Å². The molecule has 0 spiro atoms. The van der Waals surface area contributed by atoms with Crippen molar-refractivity contribution in [3.05, 3.63) is 29.8 Å². The van der Waals surface area contributed by atoms with E-state index in [1.807, 2.05) is 26.1 Å². The summed E-state index contributed by atoms with van der Waals surface area (Å²) in [6.45, 7) is 1.99. The zero-order valence-electron chi connectivity index (χ0n) is 14.7. The summed E-state index contributed by atoms with van der Waals surface area (Å²) in [5, 5.41) is 0. The van der Waals surface area contributed by atoms with E-state index in [1.165, 1.54) is 31.9 Å². The van der Waals surface area contributed by atoms with Crippen LogP contribution in [0, 0.1) is 17.8 Å². The molecule has 0 heterocycles. The molecule has 0 radical (unpaired) electrons. The molecule has 0 N–H and O–H groups in total. The zero-order chi connectivity index (χ0) is 17.5. The van der Waals surface area contributed by atoms with E-state index in [9.17, 15) is 13.2 Å². The van der Waals surface area contributed by atoms with Crippen molar-refractivity contribution < 1.29 is 13.2 Å². The third-order valence-electron chi connectivity index (χ3n) is 6.09. The number of hydrogen-bond donors (Lipinski definition) is 0. The number of carbonyl (C=O) groups excluding carboxylic acids is 1. The highest BCUT2D eigenvalue weighted by Crippen LogP contribution is 2.49. The Hall–Kier alpha value is -1.36. The molecule has 4 atom stereocenters. The molecule has 0 aromatic heterocycles. The molecule has 2 saturated carbocycles. The van der Waals surface area contributed by atoms with Gasteiger partial charge in [0.15, 0.2) is 9.84 Å². The van der Waals surface area contributed by atoms with Crippen LogP contribution in [0.4, 0.5) is 0 Å². The highest BCUT2D eigenvalue weighted by atomic mass is 32.2. The van der Waals surface area contributed by atoms with Gasteiger partial charge in [0.2, 0.25) is 5.91 Å². The number of sulfone groups is 1. The first kappa shape index (κ1) is 17.5. The van der Waals surface area contributed by atoms with Gasteiger partial charge >= 0.3 is 0 Å². The largest absolute Gasteiger partial charge is 0.339 e. The van der Waals surface area contributed by atoms with Crippen molar-refractivity contribution in [3.63, 3.8) is 0 Å². The van der Waals surface area contributed by atoms with Crippen LogP contribution in [-0.4, -0.2) is 32.5 Å². The maximum Gasteiger partial charge on any atom is 0.223 e. The molecule has 0 saturated heterocycles. The van der Waals surface area contributed by atoms with E-state index in [2.05, 4.69) is 0 Å². The fourth-order valence-corrected chi connectivity index (χ4v) is 5.06. The Morgan fingerprint density at radius 1 is 1.21 bits per heavy atom. The quantitative estimate of drug-likeness (QED) is 0.818. The van der Waals surface area contributed by atoms with Crippen LogP contribution >= 0.6 is 0 Å². The SMILES string of the molecule is C[C@@H](c1ccc(S(C)(=O)=O)cc1)N(C)C(=O)C[C@@H]1C[C@H]2CC[C@H]1C2. The molecule has 2 bridgehead atoms. The Morgan fingerprint density at radius 2 is 1.88 bits per heavy atom. The second kappa shape index (κ2) is 6.51. The first-order chi connectivity index (χ1) is 11.3. The standard InChI is InChI=1S/C19H27NO3S/c1-13(15-6-8-18(9-7-15)24(3,22)23)20(2)19(21)12-17-11-14-4-5-16(17)10-14/h6-9,13-14,16-17H,4-5,10-12H2,1-3H3/t13-,14-,16-,17-/m0/s1. The molecule has 2 fully saturated rings. The predicted octanol–water partition coefficient (Wildman–Crippen LogP) is 3.44. The van der Waals surface area contributed by atoms with Crippen molar-refractivity contribution in [1.82, 2.24) is 4.90 Å². The normalized spacial score (nSPS) is 27.2. The molecule has 0 aliphatic heterocycles. The molecular formula is C19H27NO3S. The number of nitrogens with zero attached hydrogens (tertiary/aromatic N) is 1. The van der Waals surface area contributed by atoms with Crippen molar-refractivity contribution in [2.45, 2.75) is 50.0 Å². The molecular weight excluding hydrogens is 322 g/mol. The van der Waals surface area contributed by atoms with Crippen molar-refractivity contribution in [2.75, 3.05) is 13.3 Å². The van der Waals surface area contributed by atoms with Crippen molar-refractivity contribution in [2.24, 2.45) is 17.8 Å². The number of rotatable bonds is 5. The molecule has 1 aromatic carbocycles. The van der Waals surface area contributed by atoms with Crippen LogP contribution in [0.3, 0.4) is 0 Å². The van der Waals surface area contributed by atoms with E-state index < -0.39 is 9.84 Å². The molecule has 24 heavy (non-hydrogen) atoms. The summed E-state index contributed by atoms with van der Waals surface area (Å²) in [4.78, 5) is 14.8. The molecule has 5 heteroatoms. The van der Waals surface area contributed by atoms with Gasteiger partial charge in [-0.3, -0.25) is 4.79 Å². The summed E-state index contributed by atoms with van der Waals surface area (Å²) < 4.78 is 23.1. The molecule has 2 aliphatic carbocycles. The van der Waals surface area contributed by atoms with Gasteiger partial charge in [-0.2, -0.15) is 0 Å². The average Bonchev–Trinajstić information content (AvgIpc) is 3.15. The summed E-state index contributed by atoms with van der Waals surface area (Å²) in [6, 6.07) is 6.81. The Bertz CT molecular complexity index is 711. The predicted molar refractivity (Wildman–Crippen MR) is 94.3 cm³/mol. The number of benzene rings is 1. The fourth-order valence-electron chi connectivity index (χ4n) is 4.43. The molecule has 3 rings (SSSR count). The van der Waals surface area contributed by atoms with Crippen molar-refractivity contribution in [3.8, 4) is 0 Å². The van der Waals surface area contributed by atoms with E-state index >= 15 is 0 Å². The Balaban J connectivity index is 1.63. The van der Waals surface area contributed by atoms with E-state index in [0.29, 0.717) is 17.2 Å². The number of hydrogen-bond acceptors (Lipinski definition) is 3. The maximum atomic E-state index is 12.6. The zero-order valence-corrected chi connectivity index (χ0v) is 15.6. The molecule has 1 aromatic rings. The van der Waals surface area contributed by atoms with Gasteiger partial charge in [0.05, 0.1) is 10.9 Å². The van der Waals surface area contributed by atoms with Gasteiger partial charge in [0.25, 0.3) is 0 Å². The Kier molecular flexibility index (Phi) is 4.73. The van der Waals surface area contributed by atoms with Crippen LogP contribution in [0.2, 0.25) is 0 Å². The minimum atomic E-state index is -3.18. The van der Waals surface area contributed by atoms with Gasteiger partial charge in [0.1, 0.15) is 0 Å². The summed E-state index contributed by atoms with van der Waals surface area (Å²) in [6.07, 6.45) is 7.06. The summed E-state index contributed by atoms with van der Waals surface area (Å²) in [5.41, 5.74) is 0.964. The van der Waals surface area contributed by atoms with Crippen LogP contribution in [0.15, 0.2) is 29.2 Å². The van der Waals surface area contributed by atoms with Crippen LogP contribution in [-0.2, 0) is 14.6 Å². The first-order valence-electron chi connectivity index (χ1n) is 8.81. The van der Waals surface area contributed by atoms with Crippen LogP contribution < -0.4 is 0 Å². The number of amides is 1. The molecule has 1 amide bonds. The smallest absolute Gasteiger partial charge is 0.223 e. The first-order valence-corrected chi connectivity index (χ1v) is 10.7. The van der Waals surface area contributed by atoms with Gasteiger partial charge < -0.3 is 4.90 Å². The lowest BCUT2D eigenvalue weighted by Crippen LogP contribution is -2.32. The van der Waals surface area contributed by atoms with Crippen LogP contribution in [0.5, 0.6) is 0 Å². The lowest BCUT2D eigenvalue weighted by molar-refractivity contribution is -0.133. The van der Waals surface area contributed by atoms with Crippen molar-refractivity contribution in [1.29, 1.82) is 0 Å². The Morgan fingerprint density at radius 3 is 2.38 bits per heavy atom. The van der Waals surface area contributed by atoms with Gasteiger partial charge in [-0.25, -0.2) is 8.42 Å². The monoisotopic (exact) mass is 349 g/mol. The van der Waals surface area contributed by atoms with Gasteiger partial charge in [-0.15, -0.1) is 0 Å². The van der Waals surface area contributed by atoms with E-state index in [0.717, 1.165) is 17.4 Å². The Labute approximate surface area is 145 Å². The van der Waals surface area contributed by atoms with Crippen molar-refractivity contribution >= 4 is 15.7 Å². The van der Waals surface area contributed by atoms with E-state index in [1.54, 1.807) is 17.0 Å². The molecule has 132 valence electrons. The van der Waals surface area contributed by atoms with Crippen LogP contribution in [0.1, 0.15) is 50.6 Å². The fraction of sp³-hybridized carbons (Fsp3) is 0.632. The summed E-state index contributed by atoms with van der Waals surface area (Å²) in [5.74, 6) is 2.39. The van der Waals surface area contributed by atoms with E-state index in [-0.39, 0.29) is 11.9 Å². The highest BCUT2D eigenvalue weighted by Gasteiger charge is 2.40. The molecule has 2 aliphatic rings. The minimum Gasteiger partial charge on any atom is -0.339 e. The third-order valence-corrected chi connectivity index (χ3v) is 7.21. The third kappa shape index (κ3) is 3.51. The second-order valence-electron chi connectivity index (χ2n) is 7.66. The van der Waals surface area contributed by atoms with Gasteiger partial charge in [-0.05, 0) is 61.6 Å². The van der Waals surface area contributed by atoms with Gasteiger partial charge in [0, 0.05) is 19.7 Å². The summed E-state index contributed by atoms with van der Waals surface area (Å²) >= 11 is 0. The number of carbonyl (C=O) groups is 1. The molecule has 4 nitrogen and oxygen atoms in total. The minimum absolute atomic E-state index is 0.0512. The lowest BCUT2D eigenvalue weighted by atomic mass is 9.86. The molecule has 0 unspecified atom stereocenters. The van der Waals surface area contributed by atoms with Gasteiger partial charge in [-0.1, -0.05) is 18.6 Å². The highest BCUT2D eigenvalue weighted by molar-refractivity contribution is 7.90. The number of fused-ring (bicyclic) bond motifs is 2. The topological polar surface area (TPSA) is 54.5 Å². The van der Waals surface area contributed by atoms with Crippen LogP contribution in [0.25, 0.3) is 0 Å². The second-order valence-corrected chi connectivity index (χ2v) is 9.68.